The van der Waals surface area contributed by atoms with Crippen molar-refractivity contribution in [2.24, 2.45) is 0 Å². The summed E-state index contributed by atoms with van der Waals surface area (Å²) in [6.45, 7) is 0. The highest BCUT2D eigenvalue weighted by Gasteiger charge is 2.18. The molecule has 14 aromatic rings. The van der Waals surface area contributed by atoms with E-state index in [4.69, 9.17) is 0 Å². The maximum atomic E-state index is 2.43. The van der Waals surface area contributed by atoms with Crippen LogP contribution in [0.25, 0.3) is 133 Å². The van der Waals surface area contributed by atoms with Crippen LogP contribution in [0.2, 0.25) is 0 Å². The van der Waals surface area contributed by atoms with Gasteiger partial charge in [0.1, 0.15) is 0 Å². The van der Waals surface area contributed by atoms with Crippen molar-refractivity contribution in [3.05, 3.63) is 291 Å². The van der Waals surface area contributed by atoms with Gasteiger partial charge in [-0.3, -0.25) is 0 Å². The number of fused-ring (bicyclic) bond motifs is 6. The summed E-state index contributed by atoms with van der Waals surface area (Å²) in [4.78, 5) is 0. The summed E-state index contributed by atoms with van der Waals surface area (Å²) in [7, 11) is 0. The van der Waals surface area contributed by atoms with E-state index in [1.165, 1.54) is 127 Å². The second-order valence-electron chi connectivity index (χ2n) is 19.3. The molecule has 0 aliphatic carbocycles. The topological polar surface area (TPSA) is 9.86 Å². The summed E-state index contributed by atoms with van der Waals surface area (Å²) >= 11 is 0. The number of rotatable bonds is 9. The first kappa shape index (κ1) is 43.1. The molecule has 0 saturated carbocycles. The van der Waals surface area contributed by atoms with E-state index >= 15 is 0 Å². The third-order valence-corrected chi connectivity index (χ3v) is 14.9. The smallest absolute Gasteiger partial charge is 0.0541 e. The van der Waals surface area contributed by atoms with Gasteiger partial charge in [-0.2, -0.15) is 0 Å². The van der Waals surface area contributed by atoms with Crippen molar-refractivity contribution >= 4 is 43.6 Å². The summed E-state index contributed by atoms with van der Waals surface area (Å²) in [6.07, 6.45) is 0. The fourth-order valence-corrected chi connectivity index (χ4v) is 11.3. The zero-order valence-corrected chi connectivity index (χ0v) is 40.6. The van der Waals surface area contributed by atoms with E-state index in [0.717, 1.165) is 5.69 Å². The number of aromatic nitrogens is 2. The van der Waals surface area contributed by atoms with Crippen LogP contribution in [0.15, 0.2) is 291 Å². The average Bonchev–Trinajstić information content (AvgIpc) is 4.00. The summed E-state index contributed by atoms with van der Waals surface area (Å²) in [5, 5.41) is 4.97. The van der Waals surface area contributed by atoms with E-state index in [0.29, 0.717) is 0 Å². The summed E-state index contributed by atoms with van der Waals surface area (Å²) in [6, 6.07) is 106. The van der Waals surface area contributed by atoms with Crippen molar-refractivity contribution in [2.45, 2.75) is 0 Å². The van der Waals surface area contributed by atoms with Crippen molar-refractivity contribution in [1.82, 2.24) is 9.13 Å². The van der Waals surface area contributed by atoms with Gasteiger partial charge in [-0.05, 0) is 145 Å². The number of benzene rings is 12. The maximum absolute atomic E-state index is 2.43. The lowest BCUT2D eigenvalue weighted by Gasteiger charge is -2.14. The Kier molecular flexibility index (Phi) is 10.6. The third-order valence-electron chi connectivity index (χ3n) is 14.9. The summed E-state index contributed by atoms with van der Waals surface area (Å²) < 4.78 is 4.84. The van der Waals surface area contributed by atoms with Crippen molar-refractivity contribution < 1.29 is 0 Å². The molecule has 0 aliphatic rings. The Hall–Kier alpha value is -9.76. The van der Waals surface area contributed by atoms with Gasteiger partial charge in [-0.25, -0.2) is 0 Å². The Morgan fingerprint density at radius 3 is 1.03 bits per heavy atom. The van der Waals surface area contributed by atoms with Crippen LogP contribution < -0.4 is 0 Å². The molecule has 2 aromatic heterocycles. The quantitative estimate of drug-likeness (QED) is 0.136. The van der Waals surface area contributed by atoms with E-state index in [9.17, 15) is 0 Å². The largest absolute Gasteiger partial charge is 0.309 e. The standard InChI is InChI=1S/C72H48N2/c1-3-16-49(17-4-1)54-20-13-22-56(44-54)58-24-15-25-59(46-58)57-23-14-21-55(45-57)52-34-32-50(33-35-52)51-36-40-62(41-37-51)73-69-30-11-8-27-64(69)66-47-60(38-42-71(66)73)61-39-43-72-67(48-61)65-28-9-12-31-70(65)74(72)68-29-10-7-26-63(68)53-18-5-2-6-19-53/h1-48H. The minimum absolute atomic E-state index is 1.14. The van der Waals surface area contributed by atoms with E-state index in [1.54, 1.807) is 0 Å². The molecule has 74 heavy (non-hydrogen) atoms. The Balaban J connectivity index is 0.749. The number of hydrogen-bond acceptors (Lipinski definition) is 0. The molecule has 0 spiro atoms. The Morgan fingerprint density at radius 1 is 0.176 bits per heavy atom. The molecule has 0 saturated heterocycles. The number of para-hydroxylation sites is 3. The average molecular weight is 941 g/mol. The van der Waals surface area contributed by atoms with Crippen LogP contribution in [-0.4, -0.2) is 9.13 Å². The molecule has 0 aliphatic heterocycles. The van der Waals surface area contributed by atoms with Crippen LogP contribution in [-0.2, 0) is 0 Å². The van der Waals surface area contributed by atoms with Gasteiger partial charge in [0.05, 0.1) is 27.8 Å². The second kappa shape index (κ2) is 18.1. The lowest BCUT2D eigenvalue weighted by molar-refractivity contribution is 1.18. The van der Waals surface area contributed by atoms with Crippen molar-refractivity contribution in [3.8, 4) is 89.3 Å². The Morgan fingerprint density at radius 2 is 0.500 bits per heavy atom. The molecule has 14 rings (SSSR count). The van der Waals surface area contributed by atoms with Crippen LogP contribution in [0.3, 0.4) is 0 Å². The lowest BCUT2D eigenvalue weighted by atomic mass is 9.94. The highest BCUT2D eigenvalue weighted by molar-refractivity contribution is 6.13. The molecule has 0 unspecified atom stereocenters. The predicted octanol–water partition coefficient (Wildman–Crippen LogP) is 19.5. The Labute approximate surface area is 431 Å². The second-order valence-corrected chi connectivity index (χ2v) is 19.3. The van der Waals surface area contributed by atoms with Gasteiger partial charge in [-0.15, -0.1) is 0 Å². The van der Waals surface area contributed by atoms with Gasteiger partial charge >= 0.3 is 0 Å². The van der Waals surface area contributed by atoms with Crippen LogP contribution in [0.4, 0.5) is 0 Å². The van der Waals surface area contributed by atoms with Crippen molar-refractivity contribution in [3.63, 3.8) is 0 Å². The molecule has 2 heteroatoms. The van der Waals surface area contributed by atoms with E-state index in [-0.39, 0.29) is 0 Å². The molecule has 2 heterocycles. The van der Waals surface area contributed by atoms with Crippen LogP contribution in [0, 0.1) is 0 Å². The van der Waals surface area contributed by atoms with E-state index in [1.807, 2.05) is 0 Å². The molecule has 0 atom stereocenters. The van der Waals surface area contributed by atoms with E-state index in [2.05, 4.69) is 300 Å². The molecule has 0 N–H and O–H groups in total. The molecule has 0 amide bonds. The molecule has 0 bridgehead atoms. The predicted molar refractivity (Wildman–Crippen MR) is 313 cm³/mol. The van der Waals surface area contributed by atoms with Gasteiger partial charge < -0.3 is 9.13 Å². The molecule has 0 fully saturated rings. The van der Waals surface area contributed by atoms with Crippen LogP contribution >= 0.6 is 0 Å². The Bertz CT molecular complexity index is 4390. The minimum atomic E-state index is 1.14. The zero-order valence-electron chi connectivity index (χ0n) is 40.6. The normalized spacial score (nSPS) is 11.5. The monoisotopic (exact) mass is 940 g/mol. The third kappa shape index (κ3) is 7.60. The molecular formula is C72H48N2. The van der Waals surface area contributed by atoms with Gasteiger partial charge in [-0.1, -0.05) is 218 Å². The number of nitrogens with zero attached hydrogens (tertiary/aromatic N) is 2. The van der Waals surface area contributed by atoms with Gasteiger partial charge in [0.2, 0.25) is 0 Å². The zero-order chi connectivity index (χ0) is 49.0. The maximum Gasteiger partial charge on any atom is 0.0541 e. The highest BCUT2D eigenvalue weighted by Crippen LogP contribution is 2.41. The number of hydrogen-bond donors (Lipinski definition) is 0. The fourth-order valence-electron chi connectivity index (χ4n) is 11.3. The fraction of sp³-hybridized carbons (Fsp3) is 0. The molecule has 12 aromatic carbocycles. The molecule has 2 nitrogen and oxygen atoms in total. The molecule has 346 valence electrons. The van der Waals surface area contributed by atoms with Gasteiger partial charge in [0.25, 0.3) is 0 Å². The van der Waals surface area contributed by atoms with Crippen LogP contribution in [0.1, 0.15) is 0 Å². The van der Waals surface area contributed by atoms with Crippen LogP contribution in [0.5, 0.6) is 0 Å². The first-order chi connectivity index (χ1) is 36.7. The molecule has 0 radical (unpaired) electrons. The first-order valence-corrected chi connectivity index (χ1v) is 25.5. The minimum Gasteiger partial charge on any atom is -0.309 e. The summed E-state index contributed by atoms with van der Waals surface area (Å²) in [5.41, 5.74) is 24.0. The highest BCUT2D eigenvalue weighted by atomic mass is 15.0. The summed E-state index contributed by atoms with van der Waals surface area (Å²) in [5.74, 6) is 0. The van der Waals surface area contributed by atoms with Gasteiger partial charge in [0.15, 0.2) is 0 Å². The molecular weight excluding hydrogens is 893 g/mol. The van der Waals surface area contributed by atoms with Crippen molar-refractivity contribution in [1.29, 1.82) is 0 Å². The lowest BCUT2D eigenvalue weighted by Crippen LogP contribution is -1.97. The van der Waals surface area contributed by atoms with E-state index < -0.39 is 0 Å². The first-order valence-electron chi connectivity index (χ1n) is 25.5. The SMILES string of the molecule is c1ccc(-c2cccc(-c3cccc(-c4cccc(-c5ccc(-c6ccc(-n7c8ccccc8c8cc(-c9ccc%10c(c9)c9ccccc9n%10-c9ccccc9-c9ccccc9)ccc87)cc6)cc5)c4)c3)c2)cc1. The van der Waals surface area contributed by atoms with Gasteiger partial charge in [0, 0.05) is 32.8 Å². The van der Waals surface area contributed by atoms with Crippen molar-refractivity contribution in [2.75, 3.05) is 0 Å².